The number of rotatable bonds is 3. The van der Waals surface area contributed by atoms with Crippen LogP contribution in [0.3, 0.4) is 0 Å². The highest BCUT2D eigenvalue weighted by Gasteiger charge is 2.32. The monoisotopic (exact) mass is 277 g/mol. The van der Waals surface area contributed by atoms with E-state index in [0.29, 0.717) is 51.9 Å². The summed E-state index contributed by atoms with van der Waals surface area (Å²) < 4.78 is 33.4. The summed E-state index contributed by atoms with van der Waals surface area (Å²) in [5, 5.41) is 0. The quantitative estimate of drug-likeness (QED) is 0.763. The van der Waals surface area contributed by atoms with Crippen LogP contribution in [0.25, 0.3) is 0 Å². The lowest BCUT2D eigenvalue weighted by atomic mass is 9.99. The van der Waals surface area contributed by atoms with Crippen molar-refractivity contribution in [2.75, 3.05) is 45.9 Å². The zero-order valence-corrected chi connectivity index (χ0v) is 11.6. The molecule has 106 valence electrons. The lowest BCUT2D eigenvalue weighted by Crippen LogP contribution is -2.48. The summed E-state index contributed by atoms with van der Waals surface area (Å²) in [6.45, 7) is 4.05. The van der Waals surface area contributed by atoms with E-state index in [1.807, 2.05) is 0 Å². The number of hydrogen-bond donors (Lipinski definition) is 1. The Morgan fingerprint density at radius 3 is 2.39 bits per heavy atom. The zero-order chi connectivity index (χ0) is 13.0. The second-order valence-corrected chi connectivity index (χ2v) is 6.88. The van der Waals surface area contributed by atoms with E-state index in [9.17, 15) is 8.42 Å². The second kappa shape index (κ2) is 6.29. The van der Waals surface area contributed by atoms with Crippen LogP contribution in [-0.4, -0.2) is 63.0 Å². The average Bonchev–Trinajstić information content (AvgIpc) is 2.68. The minimum absolute atomic E-state index is 0.471. The van der Waals surface area contributed by atoms with Crippen molar-refractivity contribution in [1.29, 1.82) is 0 Å². The third-order valence-electron chi connectivity index (χ3n) is 3.74. The molecule has 2 saturated heterocycles. The first kappa shape index (κ1) is 14.2. The van der Waals surface area contributed by atoms with Crippen LogP contribution in [0.5, 0.6) is 0 Å². The number of nitrogens with zero attached hydrogens (tertiary/aromatic N) is 2. The first-order valence-electron chi connectivity index (χ1n) is 6.67. The van der Waals surface area contributed by atoms with Crippen LogP contribution in [0.15, 0.2) is 0 Å². The van der Waals surface area contributed by atoms with Crippen molar-refractivity contribution in [3.63, 3.8) is 0 Å². The van der Waals surface area contributed by atoms with Crippen LogP contribution in [-0.2, 0) is 14.9 Å². The SMILES string of the molecule is NCC1CCN(S(=O)(=O)N2CCCOCC2)CC1. The Labute approximate surface area is 109 Å². The molecule has 2 rings (SSSR count). The van der Waals surface area contributed by atoms with Gasteiger partial charge in [-0.05, 0) is 31.7 Å². The zero-order valence-electron chi connectivity index (χ0n) is 10.8. The van der Waals surface area contributed by atoms with Crippen LogP contribution in [0, 0.1) is 5.92 Å². The lowest BCUT2D eigenvalue weighted by Gasteiger charge is -2.34. The molecule has 0 bridgehead atoms. The van der Waals surface area contributed by atoms with Crippen LogP contribution >= 0.6 is 0 Å². The van der Waals surface area contributed by atoms with E-state index in [1.54, 1.807) is 8.61 Å². The molecule has 7 heteroatoms. The highest BCUT2D eigenvalue weighted by Crippen LogP contribution is 2.21. The number of hydrogen-bond acceptors (Lipinski definition) is 4. The molecule has 0 aromatic heterocycles. The minimum Gasteiger partial charge on any atom is -0.380 e. The van der Waals surface area contributed by atoms with Gasteiger partial charge in [0.05, 0.1) is 6.61 Å². The summed E-state index contributed by atoms with van der Waals surface area (Å²) in [7, 11) is -3.29. The molecular formula is C11H23N3O3S. The van der Waals surface area contributed by atoms with Gasteiger partial charge in [-0.3, -0.25) is 0 Å². The molecule has 18 heavy (non-hydrogen) atoms. The lowest BCUT2D eigenvalue weighted by molar-refractivity contribution is 0.147. The molecule has 2 aliphatic rings. The van der Waals surface area contributed by atoms with Gasteiger partial charge in [0, 0.05) is 32.8 Å². The largest absolute Gasteiger partial charge is 0.380 e. The van der Waals surface area contributed by atoms with E-state index < -0.39 is 10.2 Å². The van der Waals surface area contributed by atoms with Gasteiger partial charge < -0.3 is 10.5 Å². The second-order valence-electron chi connectivity index (χ2n) is 4.95. The number of nitrogens with two attached hydrogens (primary N) is 1. The highest BCUT2D eigenvalue weighted by molar-refractivity contribution is 7.86. The summed E-state index contributed by atoms with van der Waals surface area (Å²) in [5.41, 5.74) is 5.63. The van der Waals surface area contributed by atoms with Gasteiger partial charge in [0.1, 0.15) is 0 Å². The normalized spacial score (nSPS) is 26.1. The van der Waals surface area contributed by atoms with E-state index in [2.05, 4.69) is 0 Å². The molecule has 6 nitrogen and oxygen atoms in total. The number of piperidine rings is 1. The van der Waals surface area contributed by atoms with Crippen LogP contribution in [0.4, 0.5) is 0 Å². The van der Waals surface area contributed by atoms with Gasteiger partial charge in [0.2, 0.25) is 0 Å². The molecule has 0 amide bonds. The summed E-state index contributed by atoms with van der Waals surface area (Å²) in [5.74, 6) is 0.476. The fraction of sp³-hybridized carbons (Fsp3) is 1.00. The van der Waals surface area contributed by atoms with E-state index in [4.69, 9.17) is 10.5 Å². The molecule has 0 spiro atoms. The highest BCUT2D eigenvalue weighted by atomic mass is 32.2. The van der Waals surface area contributed by atoms with Gasteiger partial charge in [0.25, 0.3) is 10.2 Å². The van der Waals surface area contributed by atoms with Gasteiger partial charge in [-0.15, -0.1) is 0 Å². The van der Waals surface area contributed by atoms with E-state index in [0.717, 1.165) is 19.3 Å². The molecule has 0 radical (unpaired) electrons. The summed E-state index contributed by atoms with van der Waals surface area (Å²) >= 11 is 0. The van der Waals surface area contributed by atoms with Gasteiger partial charge in [-0.2, -0.15) is 17.0 Å². The van der Waals surface area contributed by atoms with Crippen LogP contribution in [0.1, 0.15) is 19.3 Å². The van der Waals surface area contributed by atoms with Crippen LogP contribution in [0.2, 0.25) is 0 Å². The van der Waals surface area contributed by atoms with Gasteiger partial charge in [-0.25, -0.2) is 0 Å². The Kier molecular flexibility index (Phi) is 4.97. The molecule has 0 atom stereocenters. The summed E-state index contributed by atoms with van der Waals surface area (Å²) in [4.78, 5) is 0. The third-order valence-corrected chi connectivity index (χ3v) is 5.78. The Morgan fingerprint density at radius 1 is 1.06 bits per heavy atom. The van der Waals surface area contributed by atoms with Gasteiger partial charge in [-0.1, -0.05) is 0 Å². The standard InChI is InChI=1S/C11H23N3O3S/c12-10-11-2-5-14(6-3-11)18(15,16)13-4-1-8-17-9-7-13/h11H,1-10,12H2. The van der Waals surface area contributed by atoms with Gasteiger partial charge in [0.15, 0.2) is 0 Å². The fourth-order valence-corrected chi connectivity index (χ4v) is 4.16. The van der Waals surface area contributed by atoms with E-state index in [-0.39, 0.29) is 0 Å². The maximum Gasteiger partial charge on any atom is 0.282 e. The van der Waals surface area contributed by atoms with Gasteiger partial charge >= 0.3 is 0 Å². The topological polar surface area (TPSA) is 75.9 Å². The Bertz CT molecular complexity index is 345. The first-order chi connectivity index (χ1) is 8.64. The predicted molar refractivity (Wildman–Crippen MR) is 69.3 cm³/mol. The molecule has 0 saturated carbocycles. The Hall–Kier alpha value is -0.210. The van der Waals surface area contributed by atoms with Crippen molar-refractivity contribution in [3.05, 3.63) is 0 Å². The molecule has 2 fully saturated rings. The molecule has 0 aromatic rings. The number of ether oxygens (including phenoxy) is 1. The Morgan fingerprint density at radius 2 is 1.72 bits per heavy atom. The predicted octanol–water partition coefficient (Wildman–Crippen LogP) is -0.376. The molecule has 2 aliphatic heterocycles. The summed E-state index contributed by atoms with van der Waals surface area (Å²) in [6.07, 6.45) is 2.53. The molecule has 0 unspecified atom stereocenters. The van der Waals surface area contributed by atoms with Crippen LogP contribution < -0.4 is 5.73 Å². The molecule has 0 aliphatic carbocycles. The van der Waals surface area contributed by atoms with Crippen molar-refractivity contribution in [2.24, 2.45) is 11.7 Å². The van der Waals surface area contributed by atoms with Crippen molar-refractivity contribution in [1.82, 2.24) is 8.61 Å². The molecule has 2 N–H and O–H groups in total. The molecular weight excluding hydrogens is 254 g/mol. The van der Waals surface area contributed by atoms with E-state index in [1.165, 1.54) is 0 Å². The smallest absolute Gasteiger partial charge is 0.282 e. The first-order valence-corrected chi connectivity index (χ1v) is 8.07. The van der Waals surface area contributed by atoms with Crippen molar-refractivity contribution >= 4 is 10.2 Å². The average molecular weight is 277 g/mol. The fourth-order valence-electron chi connectivity index (χ4n) is 2.49. The Balaban J connectivity index is 1.97. The minimum atomic E-state index is -3.29. The third kappa shape index (κ3) is 3.21. The maximum atomic E-state index is 12.5. The van der Waals surface area contributed by atoms with Crippen molar-refractivity contribution in [2.45, 2.75) is 19.3 Å². The molecule has 0 aromatic carbocycles. The maximum absolute atomic E-state index is 12.5. The summed E-state index contributed by atoms with van der Waals surface area (Å²) in [6, 6.07) is 0. The van der Waals surface area contributed by atoms with Crippen molar-refractivity contribution in [3.8, 4) is 0 Å². The molecule has 2 heterocycles. The van der Waals surface area contributed by atoms with Crippen molar-refractivity contribution < 1.29 is 13.2 Å². The van der Waals surface area contributed by atoms with E-state index >= 15 is 0 Å².